The second-order valence-corrected chi connectivity index (χ2v) is 8.98. The Morgan fingerprint density at radius 1 is 1.10 bits per heavy atom. The fourth-order valence-corrected chi connectivity index (χ4v) is 5.36. The van der Waals surface area contributed by atoms with Gasteiger partial charge in [0.05, 0.1) is 24.8 Å². The van der Waals surface area contributed by atoms with Crippen LogP contribution in [0.3, 0.4) is 0 Å². The third kappa shape index (κ3) is 3.37. The van der Waals surface area contributed by atoms with Crippen LogP contribution in [0, 0.1) is 5.41 Å². The average molecular weight is 412 g/mol. The van der Waals surface area contributed by atoms with Crippen LogP contribution in [-0.2, 0) is 9.53 Å². The zero-order valence-corrected chi connectivity index (χ0v) is 17.5. The molecule has 1 unspecified atom stereocenters. The number of hydrogen-bond acceptors (Lipinski definition) is 5. The second kappa shape index (κ2) is 7.67. The van der Waals surface area contributed by atoms with E-state index in [9.17, 15) is 9.59 Å². The van der Waals surface area contributed by atoms with Gasteiger partial charge in [0.1, 0.15) is 0 Å². The number of aromatic nitrogens is 2. The summed E-state index contributed by atoms with van der Waals surface area (Å²) in [5.74, 6) is 0.230. The van der Waals surface area contributed by atoms with Crippen LogP contribution in [0.4, 0.5) is 0 Å². The van der Waals surface area contributed by atoms with E-state index in [2.05, 4.69) is 22.1 Å². The summed E-state index contributed by atoms with van der Waals surface area (Å²) in [4.78, 5) is 32.2. The quantitative estimate of drug-likeness (QED) is 0.807. The predicted molar refractivity (Wildman–Crippen MR) is 112 cm³/mol. The molecule has 30 heavy (non-hydrogen) atoms. The number of carbonyl (C=O) groups excluding carboxylic acids is 2. The van der Waals surface area contributed by atoms with Crippen LogP contribution in [-0.4, -0.2) is 95.7 Å². The first-order valence-electron chi connectivity index (χ1n) is 10.9. The molecule has 3 saturated heterocycles. The highest BCUT2D eigenvalue weighted by molar-refractivity contribution is 6.04. The first-order chi connectivity index (χ1) is 14.6. The number of likely N-dealkylation sites (tertiary alicyclic amines) is 2. The standard InChI is InChI=1S/C22H29N5O3/c1-25-15-22(14-18(25)20(28)27-10-12-30-13-11-27)6-8-26(9-7-22)21(29)19-16-4-2-3-5-17(16)23-24-19/h2-5,18H,6-15H2,1H3,(H,23,24). The number of carbonyl (C=O) groups is 2. The highest BCUT2D eigenvalue weighted by Crippen LogP contribution is 2.43. The number of nitrogens with zero attached hydrogens (tertiary/aromatic N) is 4. The predicted octanol–water partition coefficient (Wildman–Crippen LogP) is 1.35. The summed E-state index contributed by atoms with van der Waals surface area (Å²) in [5.41, 5.74) is 1.51. The summed E-state index contributed by atoms with van der Waals surface area (Å²) in [7, 11) is 2.06. The molecule has 1 atom stereocenters. The number of ether oxygens (including phenoxy) is 1. The van der Waals surface area contributed by atoms with Crippen molar-refractivity contribution in [2.24, 2.45) is 5.41 Å². The van der Waals surface area contributed by atoms with Crippen molar-refractivity contribution < 1.29 is 14.3 Å². The minimum atomic E-state index is -0.0550. The minimum absolute atomic E-state index is 0.00500. The van der Waals surface area contributed by atoms with Gasteiger partial charge in [-0.2, -0.15) is 5.10 Å². The van der Waals surface area contributed by atoms with Gasteiger partial charge in [-0.3, -0.25) is 19.6 Å². The maximum atomic E-state index is 13.1. The molecule has 3 aliphatic heterocycles. The van der Waals surface area contributed by atoms with Gasteiger partial charge in [0.15, 0.2) is 5.69 Å². The smallest absolute Gasteiger partial charge is 0.274 e. The first kappa shape index (κ1) is 19.5. The molecule has 4 heterocycles. The maximum Gasteiger partial charge on any atom is 0.274 e. The Morgan fingerprint density at radius 2 is 1.83 bits per heavy atom. The van der Waals surface area contributed by atoms with E-state index < -0.39 is 0 Å². The zero-order valence-electron chi connectivity index (χ0n) is 17.5. The van der Waals surface area contributed by atoms with Crippen molar-refractivity contribution in [1.29, 1.82) is 0 Å². The van der Waals surface area contributed by atoms with Crippen LogP contribution in [0.1, 0.15) is 29.8 Å². The van der Waals surface area contributed by atoms with E-state index in [1.54, 1.807) is 0 Å². The lowest BCUT2D eigenvalue weighted by atomic mass is 9.76. The molecule has 1 N–H and O–H groups in total. The molecule has 8 heteroatoms. The third-order valence-electron chi connectivity index (χ3n) is 7.14. The number of H-pyrrole nitrogens is 1. The fourth-order valence-electron chi connectivity index (χ4n) is 5.36. The van der Waals surface area contributed by atoms with Crippen LogP contribution in [0.2, 0.25) is 0 Å². The number of likely N-dealkylation sites (N-methyl/N-ethyl adjacent to an activating group) is 1. The summed E-state index contributed by atoms with van der Waals surface area (Å²) >= 11 is 0. The number of rotatable bonds is 2. The molecule has 2 aromatic rings. The highest BCUT2D eigenvalue weighted by Gasteiger charge is 2.48. The van der Waals surface area contributed by atoms with Gasteiger partial charge in [0.25, 0.3) is 5.91 Å². The van der Waals surface area contributed by atoms with Crippen LogP contribution < -0.4 is 0 Å². The van der Waals surface area contributed by atoms with E-state index in [0.717, 1.165) is 36.7 Å². The number of fused-ring (bicyclic) bond motifs is 1. The SMILES string of the molecule is CN1CC2(CCN(C(=O)c3n[nH]c4ccccc34)CC2)CC1C(=O)N1CCOCC1. The normalized spacial score (nSPS) is 24.6. The van der Waals surface area contributed by atoms with Crippen LogP contribution in [0.15, 0.2) is 24.3 Å². The van der Waals surface area contributed by atoms with E-state index in [0.29, 0.717) is 45.1 Å². The van der Waals surface area contributed by atoms with Crippen LogP contribution >= 0.6 is 0 Å². The summed E-state index contributed by atoms with van der Waals surface area (Å²) < 4.78 is 5.39. The molecular formula is C22H29N5O3. The van der Waals surface area contributed by atoms with Gasteiger partial charge in [-0.15, -0.1) is 0 Å². The second-order valence-electron chi connectivity index (χ2n) is 8.98. The van der Waals surface area contributed by atoms with Gasteiger partial charge in [-0.1, -0.05) is 18.2 Å². The largest absolute Gasteiger partial charge is 0.378 e. The minimum Gasteiger partial charge on any atom is -0.378 e. The van der Waals surface area contributed by atoms with Crippen LogP contribution in [0.5, 0.6) is 0 Å². The van der Waals surface area contributed by atoms with E-state index in [1.165, 1.54) is 0 Å². The summed E-state index contributed by atoms with van der Waals surface area (Å²) in [6.45, 7) is 4.99. The summed E-state index contributed by atoms with van der Waals surface area (Å²) in [6.07, 6.45) is 2.74. The fraction of sp³-hybridized carbons (Fsp3) is 0.591. The summed E-state index contributed by atoms with van der Waals surface area (Å²) in [5, 5.41) is 8.11. The molecule has 3 fully saturated rings. The number of piperidine rings is 1. The molecule has 1 aromatic heterocycles. The number of benzene rings is 1. The Hall–Kier alpha value is -2.45. The van der Waals surface area contributed by atoms with E-state index in [-0.39, 0.29) is 23.3 Å². The molecule has 160 valence electrons. The van der Waals surface area contributed by atoms with Gasteiger partial charge >= 0.3 is 0 Å². The number of para-hydroxylation sites is 1. The van der Waals surface area contributed by atoms with Crippen molar-refractivity contribution in [1.82, 2.24) is 24.9 Å². The topological polar surface area (TPSA) is 81.8 Å². The highest BCUT2D eigenvalue weighted by atomic mass is 16.5. The number of aromatic amines is 1. The Morgan fingerprint density at radius 3 is 2.60 bits per heavy atom. The molecule has 5 rings (SSSR count). The van der Waals surface area contributed by atoms with Gasteiger partial charge < -0.3 is 14.5 Å². The molecule has 1 spiro atoms. The molecule has 3 aliphatic rings. The van der Waals surface area contributed by atoms with Crippen molar-refractivity contribution in [2.45, 2.75) is 25.3 Å². The van der Waals surface area contributed by atoms with E-state index in [4.69, 9.17) is 4.74 Å². The van der Waals surface area contributed by atoms with Gasteiger partial charge in [0, 0.05) is 38.1 Å². The molecule has 0 saturated carbocycles. The molecular weight excluding hydrogens is 382 g/mol. The summed E-state index contributed by atoms with van der Waals surface area (Å²) in [6, 6.07) is 7.68. The lowest BCUT2D eigenvalue weighted by Crippen LogP contribution is -2.48. The Labute approximate surface area is 176 Å². The van der Waals surface area contributed by atoms with E-state index in [1.807, 2.05) is 34.1 Å². The van der Waals surface area contributed by atoms with Gasteiger partial charge in [-0.05, 0) is 37.8 Å². The Kier molecular flexibility index (Phi) is 4.99. The monoisotopic (exact) mass is 411 g/mol. The molecule has 0 radical (unpaired) electrons. The molecule has 8 nitrogen and oxygen atoms in total. The number of morpholine rings is 1. The molecule has 0 aliphatic carbocycles. The molecule has 1 aromatic carbocycles. The van der Waals surface area contributed by atoms with Crippen molar-refractivity contribution in [3.05, 3.63) is 30.0 Å². The maximum absolute atomic E-state index is 13.1. The van der Waals surface area contributed by atoms with Crippen molar-refractivity contribution >= 4 is 22.7 Å². The lowest BCUT2D eigenvalue weighted by Gasteiger charge is -2.39. The van der Waals surface area contributed by atoms with Crippen molar-refractivity contribution in [3.63, 3.8) is 0 Å². The van der Waals surface area contributed by atoms with Crippen LogP contribution in [0.25, 0.3) is 10.9 Å². The number of nitrogens with one attached hydrogen (secondary N) is 1. The lowest BCUT2D eigenvalue weighted by molar-refractivity contribution is -0.139. The van der Waals surface area contributed by atoms with Crippen molar-refractivity contribution in [3.8, 4) is 0 Å². The van der Waals surface area contributed by atoms with Gasteiger partial charge in [0.2, 0.25) is 5.91 Å². The zero-order chi connectivity index (χ0) is 20.7. The van der Waals surface area contributed by atoms with Crippen molar-refractivity contribution in [2.75, 3.05) is 53.0 Å². The third-order valence-corrected chi connectivity index (χ3v) is 7.14. The van der Waals surface area contributed by atoms with Gasteiger partial charge in [-0.25, -0.2) is 0 Å². The molecule has 2 amide bonds. The first-order valence-corrected chi connectivity index (χ1v) is 10.9. The number of hydrogen-bond donors (Lipinski definition) is 1. The molecule has 0 bridgehead atoms. The van der Waals surface area contributed by atoms with E-state index >= 15 is 0 Å². The Balaban J connectivity index is 1.24. The average Bonchev–Trinajstić information content (AvgIpc) is 3.35. The Bertz CT molecular complexity index is 943. The number of amides is 2.